The summed E-state index contributed by atoms with van der Waals surface area (Å²) in [6.07, 6.45) is 2.93. The molecular formula is C15H22O3S. The fourth-order valence-corrected chi connectivity index (χ4v) is 3.74. The van der Waals surface area contributed by atoms with Gasteiger partial charge in [-0.2, -0.15) is 0 Å². The Kier molecular flexibility index (Phi) is 4.63. The quantitative estimate of drug-likeness (QED) is 0.863. The lowest BCUT2D eigenvalue weighted by Crippen LogP contribution is -2.18. The lowest BCUT2D eigenvalue weighted by atomic mass is 9.91. The van der Waals surface area contributed by atoms with Crippen molar-refractivity contribution in [1.29, 1.82) is 0 Å². The van der Waals surface area contributed by atoms with Crippen LogP contribution in [0, 0.1) is 5.92 Å². The molecule has 0 bridgehead atoms. The number of rotatable bonds is 4. The third-order valence-electron chi connectivity index (χ3n) is 4.08. The average Bonchev–Trinajstić information content (AvgIpc) is 2.57. The molecule has 0 fully saturated rings. The molecular weight excluding hydrogens is 260 g/mol. The molecule has 0 radical (unpaired) electrons. The van der Waals surface area contributed by atoms with Crippen LogP contribution in [-0.2, 0) is 16.3 Å². The molecule has 2 atom stereocenters. The maximum atomic E-state index is 11.6. The minimum absolute atomic E-state index is 0.0602. The zero-order chi connectivity index (χ0) is 13.9. The summed E-state index contributed by atoms with van der Waals surface area (Å²) >= 11 is 0. The summed E-state index contributed by atoms with van der Waals surface area (Å²) in [5.74, 6) is 0.435. The van der Waals surface area contributed by atoms with E-state index in [0.717, 1.165) is 24.8 Å². The molecule has 1 N–H and O–H groups in total. The normalized spacial score (nSPS) is 23.7. The van der Waals surface area contributed by atoms with Crippen molar-refractivity contribution >= 4 is 9.84 Å². The number of aliphatic hydroxyl groups is 1. The third-order valence-corrected chi connectivity index (χ3v) is 5.82. The van der Waals surface area contributed by atoms with E-state index >= 15 is 0 Å². The highest BCUT2D eigenvalue weighted by atomic mass is 32.2. The maximum Gasteiger partial charge on any atom is 0.150 e. The number of sulfone groups is 1. The van der Waals surface area contributed by atoms with Crippen LogP contribution in [0.1, 0.15) is 43.4 Å². The molecule has 0 amide bonds. The van der Waals surface area contributed by atoms with Crippen LogP contribution in [0.5, 0.6) is 0 Å². The minimum Gasteiger partial charge on any atom is -0.388 e. The molecule has 4 heteroatoms. The van der Waals surface area contributed by atoms with Crippen LogP contribution in [0.25, 0.3) is 0 Å². The number of hydrogen-bond donors (Lipinski definition) is 1. The van der Waals surface area contributed by atoms with Gasteiger partial charge in [0.25, 0.3) is 0 Å². The van der Waals surface area contributed by atoms with Crippen molar-refractivity contribution in [1.82, 2.24) is 0 Å². The summed E-state index contributed by atoms with van der Waals surface area (Å²) in [6, 6.07) is 7.96. The Labute approximate surface area is 115 Å². The van der Waals surface area contributed by atoms with E-state index in [2.05, 4.69) is 6.07 Å². The van der Waals surface area contributed by atoms with E-state index in [4.69, 9.17) is 0 Å². The van der Waals surface area contributed by atoms with Gasteiger partial charge in [0, 0.05) is 5.75 Å². The zero-order valence-corrected chi connectivity index (χ0v) is 12.2. The number of fused-ring (bicyclic) bond motifs is 1. The van der Waals surface area contributed by atoms with E-state index in [-0.39, 0.29) is 17.4 Å². The average molecular weight is 282 g/mol. The molecule has 1 aromatic carbocycles. The first-order chi connectivity index (χ1) is 9.03. The monoisotopic (exact) mass is 282 g/mol. The van der Waals surface area contributed by atoms with E-state index in [1.165, 1.54) is 5.56 Å². The fourth-order valence-electron chi connectivity index (χ4n) is 2.79. The van der Waals surface area contributed by atoms with E-state index in [9.17, 15) is 13.5 Å². The van der Waals surface area contributed by atoms with Gasteiger partial charge in [0.1, 0.15) is 9.84 Å². The summed E-state index contributed by atoms with van der Waals surface area (Å²) in [5, 5.41) is 10.5. The molecule has 0 spiro atoms. The van der Waals surface area contributed by atoms with Crippen LogP contribution < -0.4 is 0 Å². The van der Waals surface area contributed by atoms with Crippen molar-refractivity contribution in [2.75, 3.05) is 11.5 Å². The lowest BCUT2D eigenvalue weighted by Gasteiger charge is -2.21. The molecule has 0 saturated heterocycles. The summed E-state index contributed by atoms with van der Waals surface area (Å²) in [4.78, 5) is 0. The van der Waals surface area contributed by atoms with Crippen LogP contribution in [-0.4, -0.2) is 25.0 Å². The van der Waals surface area contributed by atoms with E-state index < -0.39 is 15.9 Å². The van der Waals surface area contributed by atoms with Gasteiger partial charge in [-0.15, -0.1) is 0 Å². The Hall–Kier alpha value is -0.870. The SMILES string of the molecule is CCS(=O)(=O)CCC1CCCc2ccccc2C1O. The van der Waals surface area contributed by atoms with Crippen molar-refractivity contribution in [3.8, 4) is 0 Å². The van der Waals surface area contributed by atoms with Crippen molar-refractivity contribution in [2.45, 2.75) is 38.7 Å². The van der Waals surface area contributed by atoms with Gasteiger partial charge in [0.2, 0.25) is 0 Å². The molecule has 1 aliphatic carbocycles. The lowest BCUT2D eigenvalue weighted by molar-refractivity contribution is 0.103. The number of hydrogen-bond acceptors (Lipinski definition) is 3. The highest BCUT2D eigenvalue weighted by Crippen LogP contribution is 2.35. The van der Waals surface area contributed by atoms with Gasteiger partial charge < -0.3 is 5.11 Å². The number of aliphatic hydroxyl groups excluding tert-OH is 1. The van der Waals surface area contributed by atoms with Gasteiger partial charge in [-0.25, -0.2) is 8.42 Å². The van der Waals surface area contributed by atoms with Crippen LogP contribution in [0.15, 0.2) is 24.3 Å². The Morgan fingerprint density at radius 1 is 1.32 bits per heavy atom. The second-order valence-corrected chi connectivity index (χ2v) is 7.79. The summed E-state index contributed by atoms with van der Waals surface area (Å²) in [5.41, 5.74) is 2.19. The first-order valence-electron chi connectivity index (χ1n) is 7.00. The summed E-state index contributed by atoms with van der Waals surface area (Å²) in [7, 11) is -2.94. The largest absolute Gasteiger partial charge is 0.388 e. The Balaban J connectivity index is 2.11. The topological polar surface area (TPSA) is 54.4 Å². The molecule has 0 aromatic heterocycles. The van der Waals surface area contributed by atoms with Gasteiger partial charge in [-0.05, 0) is 42.7 Å². The van der Waals surface area contributed by atoms with Crippen molar-refractivity contribution in [2.24, 2.45) is 5.92 Å². The number of benzene rings is 1. The predicted molar refractivity (Wildman–Crippen MR) is 76.8 cm³/mol. The van der Waals surface area contributed by atoms with Gasteiger partial charge in [-0.1, -0.05) is 31.2 Å². The van der Waals surface area contributed by atoms with Crippen molar-refractivity contribution in [3.05, 3.63) is 35.4 Å². The minimum atomic E-state index is -2.94. The van der Waals surface area contributed by atoms with Crippen molar-refractivity contribution in [3.63, 3.8) is 0 Å². The Morgan fingerprint density at radius 2 is 2.05 bits per heavy atom. The number of aryl methyl sites for hydroxylation is 1. The summed E-state index contributed by atoms with van der Waals surface area (Å²) in [6.45, 7) is 1.67. The maximum absolute atomic E-state index is 11.6. The van der Waals surface area contributed by atoms with E-state index in [1.54, 1.807) is 6.92 Å². The Bertz CT molecular complexity index is 522. The second kappa shape index (κ2) is 6.06. The molecule has 106 valence electrons. The summed E-state index contributed by atoms with van der Waals surface area (Å²) < 4.78 is 23.2. The second-order valence-electron chi connectivity index (χ2n) is 5.32. The predicted octanol–water partition coefficient (Wildman–Crippen LogP) is 2.50. The van der Waals surface area contributed by atoms with Gasteiger partial charge in [0.15, 0.2) is 0 Å². The molecule has 2 unspecified atom stereocenters. The molecule has 0 aliphatic heterocycles. The molecule has 3 nitrogen and oxygen atoms in total. The molecule has 1 aliphatic rings. The van der Waals surface area contributed by atoms with E-state index in [0.29, 0.717) is 6.42 Å². The van der Waals surface area contributed by atoms with Gasteiger partial charge in [0.05, 0.1) is 11.9 Å². The molecule has 1 aromatic rings. The highest BCUT2D eigenvalue weighted by Gasteiger charge is 2.26. The van der Waals surface area contributed by atoms with Crippen LogP contribution >= 0.6 is 0 Å². The van der Waals surface area contributed by atoms with E-state index in [1.807, 2.05) is 18.2 Å². The highest BCUT2D eigenvalue weighted by molar-refractivity contribution is 7.91. The van der Waals surface area contributed by atoms with Crippen LogP contribution in [0.3, 0.4) is 0 Å². The zero-order valence-electron chi connectivity index (χ0n) is 11.4. The molecule has 0 heterocycles. The standard InChI is InChI=1S/C15H22O3S/c1-2-19(17,18)11-10-13-8-5-7-12-6-3-4-9-14(12)15(13)16/h3-4,6,9,13,15-16H,2,5,7-8,10-11H2,1H3. The first-order valence-corrected chi connectivity index (χ1v) is 8.82. The van der Waals surface area contributed by atoms with Crippen molar-refractivity contribution < 1.29 is 13.5 Å². The fraction of sp³-hybridized carbons (Fsp3) is 0.600. The van der Waals surface area contributed by atoms with Crippen LogP contribution in [0.4, 0.5) is 0 Å². The van der Waals surface area contributed by atoms with Gasteiger partial charge in [-0.3, -0.25) is 0 Å². The first kappa shape index (κ1) is 14.5. The molecule has 0 saturated carbocycles. The van der Waals surface area contributed by atoms with Gasteiger partial charge >= 0.3 is 0 Å². The Morgan fingerprint density at radius 3 is 2.79 bits per heavy atom. The molecule has 2 rings (SSSR count). The smallest absolute Gasteiger partial charge is 0.150 e. The molecule has 19 heavy (non-hydrogen) atoms. The van der Waals surface area contributed by atoms with Crippen LogP contribution in [0.2, 0.25) is 0 Å². The third kappa shape index (κ3) is 3.57.